The van der Waals surface area contributed by atoms with Crippen LogP contribution in [0.15, 0.2) is 42.5 Å². The van der Waals surface area contributed by atoms with Crippen LogP contribution in [0.25, 0.3) is 11.1 Å². The Kier molecular flexibility index (Phi) is 9.06. The summed E-state index contributed by atoms with van der Waals surface area (Å²) in [4.78, 5) is 19.8. The number of aliphatic hydroxyl groups excluding tert-OH is 1. The highest BCUT2D eigenvalue weighted by Crippen LogP contribution is 2.46. The van der Waals surface area contributed by atoms with Crippen molar-refractivity contribution < 1.29 is 28.9 Å². The van der Waals surface area contributed by atoms with Gasteiger partial charge in [0.2, 0.25) is 0 Å². The fraction of sp³-hybridized carbons (Fsp3) is 0.500. The summed E-state index contributed by atoms with van der Waals surface area (Å²) in [6, 6.07) is 12.6. The first-order chi connectivity index (χ1) is 20.7. The number of aromatic nitrogens is 1. The Hall–Kier alpha value is -3.49. The number of hydrogen-bond acceptors (Lipinski definition) is 6. The lowest BCUT2D eigenvalue weighted by atomic mass is 9.81. The third-order valence-electron chi connectivity index (χ3n) is 8.77. The number of piperidine rings is 1. The molecule has 2 aliphatic heterocycles. The number of anilines is 1. The molecule has 3 aromatic rings. The predicted molar refractivity (Wildman–Crippen MR) is 170 cm³/mol. The van der Waals surface area contributed by atoms with E-state index in [-0.39, 0.29) is 23.9 Å². The van der Waals surface area contributed by atoms with Crippen LogP contribution in [0, 0.1) is 18.2 Å². The summed E-state index contributed by atoms with van der Waals surface area (Å²) >= 11 is 0. The quantitative estimate of drug-likeness (QED) is 0.281. The zero-order chi connectivity index (χ0) is 31.8. The molecule has 0 aliphatic carbocycles. The molecule has 0 saturated carbocycles. The van der Waals surface area contributed by atoms with Crippen LogP contribution >= 0.6 is 0 Å². The molecule has 1 fully saturated rings. The second-order valence-electron chi connectivity index (χ2n) is 14.0. The average Bonchev–Trinajstić information content (AvgIpc) is 2.96. The number of rotatable bonds is 8. The number of pyridine rings is 1. The maximum Gasteiger partial charge on any atom is 0.337 e. The summed E-state index contributed by atoms with van der Waals surface area (Å²) in [5.41, 5.74) is 5.52. The zero-order valence-corrected chi connectivity index (χ0v) is 26.7. The highest BCUT2D eigenvalue weighted by Gasteiger charge is 2.37. The molecular weight excluding hydrogens is 559 g/mol. The zero-order valence-electron chi connectivity index (χ0n) is 26.7. The summed E-state index contributed by atoms with van der Waals surface area (Å²) in [7, 11) is 0. The van der Waals surface area contributed by atoms with Crippen LogP contribution in [0.1, 0.15) is 88.1 Å². The van der Waals surface area contributed by atoms with Crippen molar-refractivity contribution >= 4 is 11.7 Å². The Morgan fingerprint density at radius 1 is 1.16 bits per heavy atom. The number of ether oxygens (including phenoxy) is 2. The molecule has 2 N–H and O–H groups in total. The van der Waals surface area contributed by atoms with E-state index in [0.29, 0.717) is 23.4 Å². The average molecular weight is 605 g/mol. The van der Waals surface area contributed by atoms with Gasteiger partial charge >= 0.3 is 5.97 Å². The van der Waals surface area contributed by atoms with E-state index in [1.54, 1.807) is 19.1 Å². The number of benzene rings is 2. The second kappa shape index (κ2) is 12.5. The van der Waals surface area contributed by atoms with Gasteiger partial charge in [0.05, 0.1) is 23.6 Å². The molecule has 44 heavy (non-hydrogen) atoms. The number of aliphatic hydroxyl groups is 1. The largest absolute Gasteiger partial charge is 0.490 e. The fourth-order valence-corrected chi connectivity index (χ4v) is 6.37. The molecule has 0 spiro atoms. The minimum absolute atomic E-state index is 0.0161. The number of fused-ring (bicyclic) bond motifs is 1. The number of aryl methyl sites for hydroxylation is 2. The van der Waals surface area contributed by atoms with Gasteiger partial charge in [0, 0.05) is 36.3 Å². The van der Waals surface area contributed by atoms with Gasteiger partial charge < -0.3 is 24.6 Å². The molecule has 0 bridgehead atoms. The van der Waals surface area contributed by atoms with Crippen LogP contribution in [0.4, 0.5) is 10.1 Å². The van der Waals surface area contributed by atoms with Crippen LogP contribution in [0.5, 0.6) is 5.75 Å². The smallest absolute Gasteiger partial charge is 0.337 e. The Labute approximate surface area is 260 Å². The van der Waals surface area contributed by atoms with Gasteiger partial charge in [0.1, 0.15) is 17.7 Å². The summed E-state index contributed by atoms with van der Waals surface area (Å²) < 4.78 is 26.0. The SMILES string of the molecule is Cc1nc(CO)c(-c2ccc3c(c2)CCC(Cc2ccc(F)cc2)O3)c(N2CCC(C)(C)CC2)c1[C@H](OC(C)(C)C)C(=O)O. The summed E-state index contributed by atoms with van der Waals surface area (Å²) in [6.07, 6.45) is 2.96. The fourth-order valence-electron chi connectivity index (χ4n) is 6.37. The number of hydrogen-bond donors (Lipinski definition) is 2. The van der Waals surface area contributed by atoms with E-state index in [1.807, 2.05) is 32.9 Å². The van der Waals surface area contributed by atoms with E-state index >= 15 is 0 Å². The lowest BCUT2D eigenvalue weighted by molar-refractivity contribution is -0.160. The molecule has 0 radical (unpaired) electrons. The van der Waals surface area contributed by atoms with Gasteiger partial charge in [-0.2, -0.15) is 0 Å². The standard InChI is InChI=1S/C36H45FN2O5/c1-22-30(33(34(41)42)44-35(2,3)4)32(39-17-15-36(5,6)16-18-39)31(28(21-40)38-22)25-10-14-29-24(20-25)9-13-27(43-29)19-23-7-11-26(37)12-8-23/h7-8,10-12,14,20,27,33,40H,9,13,15-19,21H2,1-6H3,(H,41,42)/t27?,33-/m0/s1. The van der Waals surface area contributed by atoms with Gasteiger partial charge in [-0.05, 0) is 99.7 Å². The molecule has 236 valence electrons. The van der Waals surface area contributed by atoms with E-state index in [9.17, 15) is 19.4 Å². The maximum absolute atomic E-state index is 13.4. The van der Waals surface area contributed by atoms with Crippen molar-refractivity contribution in [3.05, 3.63) is 76.4 Å². The third-order valence-corrected chi connectivity index (χ3v) is 8.77. The number of halogens is 1. The molecule has 1 unspecified atom stereocenters. The molecule has 2 atom stereocenters. The Morgan fingerprint density at radius 2 is 1.84 bits per heavy atom. The van der Waals surface area contributed by atoms with Crippen molar-refractivity contribution in [1.82, 2.24) is 4.98 Å². The van der Waals surface area contributed by atoms with Crippen molar-refractivity contribution in [2.75, 3.05) is 18.0 Å². The van der Waals surface area contributed by atoms with E-state index in [1.165, 1.54) is 12.1 Å². The predicted octanol–water partition coefficient (Wildman–Crippen LogP) is 7.19. The first-order valence-corrected chi connectivity index (χ1v) is 15.6. The van der Waals surface area contributed by atoms with Crippen molar-refractivity contribution in [2.45, 2.75) is 98.1 Å². The summed E-state index contributed by atoms with van der Waals surface area (Å²) in [5, 5.41) is 21.0. The monoisotopic (exact) mass is 604 g/mol. The van der Waals surface area contributed by atoms with Crippen molar-refractivity contribution in [3.63, 3.8) is 0 Å². The lowest BCUT2D eigenvalue weighted by Gasteiger charge is -2.41. The van der Waals surface area contributed by atoms with E-state index in [4.69, 9.17) is 14.5 Å². The van der Waals surface area contributed by atoms with Gasteiger partial charge in [-0.3, -0.25) is 4.98 Å². The van der Waals surface area contributed by atoms with E-state index in [2.05, 4.69) is 24.8 Å². The summed E-state index contributed by atoms with van der Waals surface area (Å²) in [5.74, 6) is -0.518. The molecule has 3 heterocycles. The van der Waals surface area contributed by atoms with Gasteiger partial charge in [0.15, 0.2) is 6.10 Å². The number of aliphatic carboxylic acids is 1. The molecule has 8 heteroatoms. The van der Waals surface area contributed by atoms with Crippen LogP contribution in [-0.4, -0.2) is 46.0 Å². The number of carbonyl (C=O) groups is 1. The molecule has 5 rings (SSSR count). The van der Waals surface area contributed by atoms with Crippen molar-refractivity contribution in [2.24, 2.45) is 5.41 Å². The number of carboxylic acid groups (broad SMARTS) is 1. The van der Waals surface area contributed by atoms with Crippen LogP contribution < -0.4 is 9.64 Å². The molecule has 7 nitrogen and oxygen atoms in total. The van der Waals surface area contributed by atoms with Gasteiger partial charge in [-0.15, -0.1) is 0 Å². The van der Waals surface area contributed by atoms with Crippen molar-refractivity contribution in [3.8, 4) is 16.9 Å². The number of nitrogens with zero attached hydrogens (tertiary/aromatic N) is 2. The molecule has 2 aromatic carbocycles. The molecule has 2 aliphatic rings. The molecular formula is C36H45FN2O5. The third kappa shape index (κ3) is 7.08. The Bertz CT molecular complexity index is 1500. The van der Waals surface area contributed by atoms with Crippen molar-refractivity contribution in [1.29, 1.82) is 0 Å². The normalized spacial score (nSPS) is 18.8. The lowest BCUT2D eigenvalue weighted by Crippen LogP contribution is -2.39. The minimum Gasteiger partial charge on any atom is -0.490 e. The first kappa shape index (κ1) is 31.9. The van der Waals surface area contributed by atoms with Crippen LogP contribution in [0.2, 0.25) is 0 Å². The maximum atomic E-state index is 13.4. The Morgan fingerprint density at radius 3 is 2.45 bits per heavy atom. The van der Waals surface area contributed by atoms with Gasteiger partial charge in [-0.1, -0.05) is 32.0 Å². The Balaban J connectivity index is 1.59. The van der Waals surface area contributed by atoms with Crippen LogP contribution in [0.3, 0.4) is 0 Å². The van der Waals surface area contributed by atoms with Crippen LogP contribution in [-0.2, 0) is 29.0 Å². The topological polar surface area (TPSA) is 92.1 Å². The van der Waals surface area contributed by atoms with Gasteiger partial charge in [-0.25, -0.2) is 9.18 Å². The first-order valence-electron chi connectivity index (χ1n) is 15.6. The molecule has 0 amide bonds. The van der Waals surface area contributed by atoms with Gasteiger partial charge in [0.25, 0.3) is 0 Å². The highest BCUT2D eigenvalue weighted by atomic mass is 19.1. The molecule has 1 aromatic heterocycles. The second-order valence-corrected chi connectivity index (χ2v) is 14.0. The number of carboxylic acids is 1. The van der Waals surface area contributed by atoms with E-state index < -0.39 is 17.7 Å². The highest BCUT2D eigenvalue weighted by molar-refractivity contribution is 5.88. The van der Waals surface area contributed by atoms with E-state index in [0.717, 1.165) is 72.5 Å². The summed E-state index contributed by atoms with van der Waals surface area (Å²) in [6.45, 7) is 13.1. The molecule has 1 saturated heterocycles. The minimum atomic E-state index is -1.23.